The zero-order chi connectivity index (χ0) is 23.7. The first-order valence-corrected chi connectivity index (χ1v) is 15.3. The lowest BCUT2D eigenvalue weighted by atomic mass is 10.0. The second-order valence-corrected chi connectivity index (χ2v) is 11.6. The molecular weight excluding hydrogens is 386 g/mol. The lowest BCUT2D eigenvalue weighted by Crippen LogP contribution is -2.27. The van der Waals surface area contributed by atoms with Crippen LogP contribution >= 0.6 is 0 Å². The first-order valence-electron chi connectivity index (χ1n) is 15.3. The fourth-order valence-corrected chi connectivity index (χ4v) is 4.82. The van der Waals surface area contributed by atoms with E-state index in [-0.39, 0.29) is 0 Å². The molecule has 1 heteroatoms. The molecule has 0 saturated heterocycles. The highest BCUT2D eigenvalue weighted by molar-refractivity contribution is 4.61. The summed E-state index contributed by atoms with van der Waals surface area (Å²) in [7, 11) is 0. The molecule has 0 aromatic heterocycles. The Bertz CT molecular complexity index is 319. The van der Waals surface area contributed by atoms with Gasteiger partial charge in [-0.15, -0.1) is 0 Å². The van der Waals surface area contributed by atoms with Gasteiger partial charge >= 0.3 is 0 Å². The quantitative estimate of drug-likeness (QED) is 0.118. The van der Waals surface area contributed by atoms with Crippen molar-refractivity contribution >= 4 is 0 Å². The van der Waals surface area contributed by atoms with E-state index in [1.54, 1.807) is 0 Å². The number of hydrogen-bond donors (Lipinski definition) is 0. The number of hydrogen-bond acceptors (Lipinski definition) is 1. The Morgan fingerprint density at radius 3 is 0.969 bits per heavy atom. The average molecular weight is 452 g/mol. The van der Waals surface area contributed by atoms with Gasteiger partial charge in [-0.25, -0.2) is 0 Å². The molecule has 0 aliphatic heterocycles. The van der Waals surface area contributed by atoms with Crippen LogP contribution in [0.5, 0.6) is 0 Å². The predicted molar refractivity (Wildman–Crippen MR) is 149 cm³/mol. The highest BCUT2D eigenvalue weighted by atomic mass is 15.1. The SMILES string of the molecule is CCCCCCCCCCCCCCCCCN(CCCCC(C)C)CCCCC(C)C. The molecule has 0 radical (unpaired) electrons. The van der Waals surface area contributed by atoms with Gasteiger partial charge in [-0.05, 0) is 50.7 Å². The van der Waals surface area contributed by atoms with Crippen molar-refractivity contribution in [2.45, 2.75) is 169 Å². The Morgan fingerprint density at radius 1 is 0.375 bits per heavy atom. The first kappa shape index (κ1) is 32.0. The Hall–Kier alpha value is -0.0400. The van der Waals surface area contributed by atoms with Crippen LogP contribution in [0.25, 0.3) is 0 Å². The summed E-state index contributed by atoms with van der Waals surface area (Å²) in [6.45, 7) is 15.8. The van der Waals surface area contributed by atoms with E-state index in [2.05, 4.69) is 39.5 Å². The summed E-state index contributed by atoms with van der Waals surface area (Å²) in [6, 6.07) is 0. The van der Waals surface area contributed by atoms with Crippen LogP contribution in [0.2, 0.25) is 0 Å². The minimum absolute atomic E-state index is 0.866. The van der Waals surface area contributed by atoms with Crippen molar-refractivity contribution in [2.24, 2.45) is 11.8 Å². The van der Waals surface area contributed by atoms with Crippen molar-refractivity contribution in [3.8, 4) is 0 Å². The van der Waals surface area contributed by atoms with E-state index in [9.17, 15) is 0 Å². The Labute approximate surface area is 205 Å². The molecule has 0 rings (SSSR count). The van der Waals surface area contributed by atoms with Crippen molar-refractivity contribution in [2.75, 3.05) is 19.6 Å². The number of unbranched alkanes of at least 4 members (excludes halogenated alkanes) is 16. The molecule has 194 valence electrons. The lowest BCUT2D eigenvalue weighted by Gasteiger charge is -2.23. The van der Waals surface area contributed by atoms with Gasteiger partial charge in [-0.1, -0.05) is 150 Å². The van der Waals surface area contributed by atoms with Gasteiger partial charge in [0, 0.05) is 0 Å². The van der Waals surface area contributed by atoms with Crippen LogP contribution < -0.4 is 0 Å². The number of nitrogens with zero attached hydrogens (tertiary/aromatic N) is 1. The van der Waals surface area contributed by atoms with E-state index in [1.807, 2.05) is 0 Å². The average Bonchev–Trinajstić information content (AvgIpc) is 2.75. The molecule has 32 heavy (non-hydrogen) atoms. The van der Waals surface area contributed by atoms with Crippen LogP contribution in [0.1, 0.15) is 169 Å². The van der Waals surface area contributed by atoms with E-state index < -0.39 is 0 Å². The Kier molecular flexibility index (Phi) is 25.5. The smallest absolute Gasteiger partial charge is 0.00187 e. The molecule has 0 spiro atoms. The lowest BCUT2D eigenvalue weighted by molar-refractivity contribution is 0.251. The third kappa shape index (κ3) is 26.2. The molecular formula is C31H65N. The topological polar surface area (TPSA) is 3.24 Å². The summed E-state index contributed by atoms with van der Waals surface area (Å²) in [4.78, 5) is 2.79. The van der Waals surface area contributed by atoms with Gasteiger partial charge in [0.25, 0.3) is 0 Å². The summed E-state index contributed by atoms with van der Waals surface area (Å²) in [5.74, 6) is 1.73. The summed E-state index contributed by atoms with van der Waals surface area (Å²) < 4.78 is 0. The minimum Gasteiger partial charge on any atom is -0.303 e. The number of rotatable bonds is 26. The zero-order valence-electron chi connectivity index (χ0n) is 23.6. The molecule has 0 aliphatic carbocycles. The van der Waals surface area contributed by atoms with Crippen LogP contribution in [-0.4, -0.2) is 24.5 Å². The van der Waals surface area contributed by atoms with E-state index in [0.717, 1.165) is 11.8 Å². The molecule has 0 bridgehead atoms. The highest BCUT2D eigenvalue weighted by Gasteiger charge is 2.06. The first-order chi connectivity index (χ1) is 15.6. The van der Waals surface area contributed by atoms with Gasteiger partial charge in [-0.2, -0.15) is 0 Å². The monoisotopic (exact) mass is 452 g/mol. The second kappa shape index (κ2) is 25.6. The third-order valence-corrected chi connectivity index (χ3v) is 7.09. The van der Waals surface area contributed by atoms with Crippen LogP contribution in [-0.2, 0) is 0 Å². The largest absolute Gasteiger partial charge is 0.303 e. The van der Waals surface area contributed by atoms with Crippen LogP contribution in [0.3, 0.4) is 0 Å². The molecule has 0 atom stereocenters. The summed E-state index contributed by atoms with van der Waals surface area (Å²) in [6.07, 6.45) is 30.4. The molecule has 0 aliphatic rings. The van der Waals surface area contributed by atoms with Gasteiger partial charge in [-0.3, -0.25) is 0 Å². The molecule has 0 heterocycles. The molecule has 0 amide bonds. The highest BCUT2D eigenvalue weighted by Crippen LogP contribution is 2.14. The summed E-state index contributed by atoms with van der Waals surface area (Å²) in [5.41, 5.74) is 0. The Morgan fingerprint density at radius 2 is 0.656 bits per heavy atom. The van der Waals surface area contributed by atoms with E-state index in [1.165, 1.54) is 154 Å². The molecule has 0 saturated carbocycles. The van der Waals surface area contributed by atoms with Crippen LogP contribution in [0, 0.1) is 11.8 Å². The van der Waals surface area contributed by atoms with E-state index in [4.69, 9.17) is 0 Å². The van der Waals surface area contributed by atoms with Crippen molar-refractivity contribution in [3.63, 3.8) is 0 Å². The maximum absolute atomic E-state index is 2.79. The van der Waals surface area contributed by atoms with Gasteiger partial charge in [0.05, 0.1) is 0 Å². The summed E-state index contributed by atoms with van der Waals surface area (Å²) >= 11 is 0. The van der Waals surface area contributed by atoms with E-state index >= 15 is 0 Å². The molecule has 0 aromatic carbocycles. The molecule has 0 unspecified atom stereocenters. The fraction of sp³-hybridized carbons (Fsp3) is 1.00. The zero-order valence-corrected chi connectivity index (χ0v) is 23.6. The Balaban J connectivity index is 3.61. The van der Waals surface area contributed by atoms with Gasteiger partial charge in [0.15, 0.2) is 0 Å². The molecule has 0 N–H and O–H groups in total. The van der Waals surface area contributed by atoms with Crippen molar-refractivity contribution in [1.29, 1.82) is 0 Å². The van der Waals surface area contributed by atoms with Crippen molar-refractivity contribution < 1.29 is 0 Å². The second-order valence-electron chi connectivity index (χ2n) is 11.6. The molecule has 0 aromatic rings. The molecule has 1 nitrogen and oxygen atoms in total. The van der Waals surface area contributed by atoms with Crippen molar-refractivity contribution in [1.82, 2.24) is 4.90 Å². The minimum atomic E-state index is 0.866. The van der Waals surface area contributed by atoms with Gasteiger partial charge in [0.2, 0.25) is 0 Å². The maximum atomic E-state index is 2.79. The van der Waals surface area contributed by atoms with Gasteiger partial charge in [0.1, 0.15) is 0 Å². The van der Waals surface area contributed by atoms with Crippen LogP contribution in [0.15, 0.2) is 0 Å². The maximum Gasteiger partial charge on any atom is -0.00187 e. The van der Waals surface area contributed by atoms with Gasteiger partial charge < -0.3 is 4.90 Å². The van der Waals surface area contributed by atoms with Crippen molar-refractivity contribution in [3.05, 3.63) is 0 Å². The normalized spacial score (nSPS) is 12.0. The standard InChI is InChI=1S/C31H65N/c1-6-7-8-9-10-11-12-13-14-15-16-17-18-19-22-27-32(28-23-20-25-30(2)3)29-24-21-26-31(4)5/h30-31H,6-29H2,1-5H3. The molecule has 0 fully saturated rings. The predicted octanol–water partition coefficient (Wildman–Crippen LogP) is 10.8. The third-order valence-electron chi connectivity index (χ3n) is 7.09. The fourth-order valence-electron chi connectivity index (χ4n) is 4.82. The van der Waals surface area contributed by atoms with Crippen LogP contribution in [0.4, 0.5) is 0 Å². The summed E-state index contributed by atoms with van der Waals surface area (Å²) in [5, 5.41) is 0. The van der Waals surface area contributed by atoms with E-state index in [0.29, 0.717) is 0 Å².